The van der Waals surface area contributed by atoms with Crippen molar-refractivity contribution < 1.29 is 9.59 Å². The topological polar surface area (TPSA) is 70.5 Å². The molecule has 0 bridgehead atoms. The van der Waals surface area contributed by atoms with E-state index in [2.05, 4.69) is 10.4 Å². The van der Waals surface area contributed by atoms with Crippen LogP contribution in [-0.2, 0) is 11.8 Å². The number of rotatable bonds is 1. The summed E-state index contributed by atoms with van der Waals surface area (Å²) < 4.78 is 1.52. The van der Waals surface area contributed by atoms with Crippen molar-refractivity contribution in [1.82, 2.24) is 14.7 Å². The quantitative estimate of drug-likeness (QED) is 0.816. The average molecular weight is 388 g/mol. The molecule has 0 aliphatic carbocycles. The summed E-state index contributed by atoms with van der Waals surface area (Å²) in [5.74, 6) is -0.0713. The highest BCUT2D eigenvalue weighted by atomic mass is 35.5. The van der Waals surface area contributed by atoms with Gasteiger partial charge in [0, 0.05) is 33.6 Å². The fourth-order valence-corrected chi connectivity index (χ4v) is 4.28. The Balaban J connectivity index is 1.53. The van der Waals surface area contributed by atoms with E-state index in [0.717, 1.165) is 24.2 Å². The minimum absolute atomic E-state index is 0.0310. The molecule has 7 nitrogen and oxygen atoms in total. The summed E-state index contributed by atoms with van der Waals surface area (Å²) in [5, 5.41) is 8.06. The molecule has 0 atom stereocenters. The van der Waals surface area contributed by atoms with Crippen LogP contribution in [0.5, 0.6) is 0 Å². The van der Waals surface area contributed by atoms with Gasteiger partial charge in [-0.05, 0) is 25.0 Å². The van der Waals surface area contributed by atoms with E-state index in [1.54, 1.807) is 14.0 Å². The molecule has 2 aliphatic rings. The fourth-order valence-electron chi connectivity index (χ4n) is 4.03. The zero-order valence-corrected chi connectivity index (χ0v) is 16.2. The van der Waals surface area contributed by atoms with Crippen molar-refractivity contribution in [3.8, 4) is 0 Å². The minimum Gasteiger partial charge on any atom is -0.376 e. The number of aromatic nitrogens is 2. The molecule has 2 amide bonds. The Bertz CT molecular complexity index is 882. The third-order valence-corrected chi connectivity index (χ3v) is 5.82. The monoisotopic (exact) mass is 387 g/mol. The lowest BCUT2D eigenvalue weighted by Gasteiger charge is -2.48. The van der Waals surface area contributed by atoms with Crippen molar-refractivity contribution in [2.75, 3.05) is 29.9 Å². The van der Waals surface area contributed by atoms with Crippen LogP contribution in [0.2, 0.25) is 5.02 Å². The largest absolute Gasteiger partial charge is 0.376 e. The van der Waals surface area contributed by atoms with Crippen molar-refractivity contribution in [3.05, 3.63) is 41.2 Å². The lowest BCUT2D eigenvalue weighted by molar-refractivity contribution is -0.116. The van der Waals surface area contributed by atoms with Gasteiger partial charge < -0.3 is 15.1 Å². The van der Waals surface area contributed by atoms with Gasteiger partial charge in [-0.2, -0.15) is 5.10 Å². The Hall–Kier alpha value is -2.54. The molecule has 1 spiro atoms. The zero-order valence-electron chi connectivity index (χ0n) is 15.4. The van der Waals surface area contributed by atoms with E-state index in [1.165, 1.54) is 10.9 Å². The molecule has 1 aromatic heterocycles. The molecule has 2 aromatic rings. The summed E-state index contributed by atoms with van der Waals surface area (Å²) in [4.78, 5) is 28.7. The summed E-state index contributed by atoms with van der Waals surface area (Å²) in [6.07, 6.45) is 3.00. The third-order valence-electron chi connectivity index (χ3n) is 5.54. The van der Waals surface area contributed by atoms with Crippen molar-refractivity contribution in [2.24, 2.45) is 7.05 Å². The Morgan fingerprint density at radius 3 is 2.56 bits per heavy atom. The molecule has 1 N–H and O–H groups in total. The lowest BCUT2D eigenvalue weighted by atomic mass is 9.84. The predicted octanol–water partition coefficient (Wildman–Crippen LogP) is 2.53. The number of hydrogen-bond acceptors (Lipinski definition) is 4. The van der Waals surface area contributed by atoms with Crippen LogP contribution in [0.15, 0.2) is 30.5 Å². The van der Waals surface area contributed by atoms with E-state index in [0.29, 0.717) is 30.4 Å². The summed E-state index contributed by atoms with van der Waals surface area (Å²) in [6.45, 7) is 3.40. The van der Waals surface area contributed by atoms with Crippen molar-refractivity contribution >= 4 is 34.8 Å². The first-order valence-electron chi connectivity index (χ1n) is 9.02. The van der Waals surface area contributed by atoms with Crippen LogP contribution in [0.1, 0.15) is 30.3 Å². The highest BCUT2D eigenvalue weighted by molar-refractivity contribution is 6.33. The number of halogens is 1. The van der Waals surface area contributed by atoms with Crippen LogP contribution >= 0.6 is 11.6 Å². The first-order chi connectivity index (χ1) is 12.9. The van der Waals surface area contributed by atoms with Crippen LogP contribution in [0, 0.1) is 0 Å². The van der Waals surface area contributed by atoms with E-state index < -0.39 is 0 Å². The first-order valence-corrected chi connectivity index (χ1v) is 9.40. The zero-order chi connectivity index (χ0) is 19.2. The van der Waals surface area contributed by atoms with E-state index in [-0.39, 0.29) is 17.4 Å². The molecular formula is C19H22ClN5O2. The Labute approximate surface area is 162 Å². The highest BCUT2D eigenvalue weighted by Crippen LogP contribution is 2.39. The van der Waals surface area contributed by atoms with Gasteiger partial charge in [0.25, 0.3) is 5.91 Å². The molecule has 8 heteroatoms. The number of anilines is 2. The number of carbonyl (C=O) groups excluding carboxylic acids is 2. The number of hydrogen-bond donors (Lipinski definition) is 1. The number of fused-ring (bicyclic) bond motifs is 1. The van der Waals surface area contributed by atoms with Gasteiger partial charge in [-0.1, -0.05) is 23.7 Å². The molecule has 1 saturated heterocycles. The molecule has 1 fully saturated rings. The summed E-state index contributed by atoms with van der Waals surface area (Å²) in [6, 6.07) is 7.86. The molecule has 3 heterocycles. The van der Waals surface area contributed by atoms with Crippen molar-refractivity contribution in [2.45, 2.75) is 25.3 Å². The minimum atomic E-state index is -0.229. The summed E-state index contributed by atoms with van der Waals surface area (Å²) >= 11 is 6.12. The highest BCUT2D eigenvalue weighted by Gasteiger charge is 2.42. The lowest BCUT2D eigenvalue weighted by Crippen LogP contribution is -2.59. The molecule has 0 radical (unpaired) electrons. The van der Waals surface area contributed by atoms with Crippen LogP contribution < -0.4 is 10.2 Å². The SMILES string of the molecule is CC(=O)N1CC2(CCN(C(=O)c3c(Cl)cnn3C)CC2)Nc2ccccc21. The Morgan fingerprint density at radius 1 is 1.22 bits per heavy atom. The van der Waals surface area contributed by atoms with Crippen LogP contribution in [0.25, 0.3) is 0 Å². The average Bonchev–Trinajstić information content (AvgIpc) is 2.99. The van der Waals surface area contributed by atoms with Gasteiger partial charge in [0.1, 0.15) is 5.69 Å². The van der Waals surface area contributed by atoms with Gasteiger partial charge in [0.05, 0.1) is 28.1 Å². The number of carbonyl (C=O) groups is 2. The van der Waals surface area contributed by atoms with Crippen molar-refractivity contribution in [3.63, 3.8) is 0 Å². The Kier molecular flexibility index (Phi) is 4.34. The molecule has 2 aliphatic heterocycles. The smallest absolute Gasteiger partial charge is 0.273 e. The number of aryl methyl sites for hydroxylation is 1. The first kappa shape index (κ1) is 17.9. The van der Waals surface area contributed by atoms with E-state index in [1.807, 2.05) is 34.1 Å². The second-order valence-electron chi connectivity index (χ2n) is 7.28. The maximum absolute atomic E-state index is 12.8. The normalized spacial score (nSPS) is 18.2. The summed E-state index contributed by atoms with van der Waals surface area (Å²) in [7, 11) is 1.72. The molecule has 0 saturated carbocycles. The van der Waals surface area contributed by atoms with Gasteiger partial charge in [-0.15, -0.1) is 0 Å². The van der Waals surface area contributed by atoms with Gasteiger partial charge >= 0.3 is 0 Å². The Morgan fingerprint density at radius 2 is 1.93 bits per heavy atom. The van der Waals surface area contributed by atoms with Crippen LogP contribution in [0.4, 0.5) is 11.4 Å². The van der Waals surface area contributed by atoms with Gasteiger partial charge in [-0.25, -0.2) is 0 Å². The molecule has 142 valence electrons. The fraction of sp³-hybridized carbons (Fsp3) is 0.421. The van der Waals surface area contributed by atoms with Crippen LogP contribution in [0.3, 0.4) is 0 Å². The van der Waals surface area contributed by atoms with Gasteiger partial charge in [0.2, 0.25) is 5.91 Å². The van der Waals surface area contributed by atoms with Crippen LogP contribution in [-0.4, -0.2) is 51.7 Å². The maximum Gasteiger partial charge on any atom is 0.273 e. The number of piperidine rings is 1. The standard InChI is InChI=1S/C19H22ClN5O2/c1-13(26)25-12-19(22-15-5-3-4-6-16(15)25)7-9-24(10-8-19)18(27)17-14(20)11-21-23(17)2/h3-6,11,22H,7-10,12H2,1-2H3. The summed E-state index contributed by atoms with van der Waals surface area (Å²) in [5.41, 5.74) is 2.07. The number of likely N-dealkylation sites (tertiary alicyclic amines) is 1. The second kappa shape index (κ2) is 6.56. The van der Waals surface area contributed by atoms with Gasteiger partial charge in [-0.3, -0.25) is 14.3 Å². The predicted molar refractivity (Wildman–Crippen MR) is 104 cm³/mol. The van der Waals surface area contributed by atoms with E-state index in [4.69, 9.17) is 11.6 Å². The number of para-hydroxylation sites is 2. The van der Waals surface area contributed by atoms with E-state index in [9.17, 15) is 9.59 Å². The van der Waals surface area contributed by atoms with Gasteiger partial charge in [0.15, 0.2) is 0 Å². The molecular weight excluding hydrogens is 366 g/mol. The number of amides is 2. The molecule has 4 rings (SSSR count). The molecule has 1 aromatic carbocycles. The molecule has 0 unspecified atom stereocenters. The maximum atomic E-state index is 12.8. The molecule has 27 heavy (non-hydrogen) atoms. The number of nitrogens with one attached hydrogen (secondary N) is 1. The van der Waals surface area contributed by atoms with Crippen molar-refractivity contribution in [1.29, 1.82) is 0 Å². The number of benzene rings is 1. The third kappa shape index (κ3) is 3.06. The number of nitrogens with zero attached hydrogens (tertiary/aromatic N) is 4. The van der Waals surface area contributed by atoms with E-state index >= 15 is 0 Å². The second-order valence-corrected chi connectivity index (χ2v) is 7.69.